The van der Waals surface area contributed by atoms with Crippen molar-refractivity contribution in [3.05, 3.63) is 0 Å². The van der Waals surface area contributed by atoms with Crippen LogP contribution < -0.4 is 0 Å². The second-order valence-electron chi connectivity index (χ2n) is 0.448. The molecule has 4 nitrogen and oxygen atoms in total. The van der Waals surface area contributed by atoms with Crippen LogP contribution in [0.1, 0.15) is 0 Å². The molecule has 0 unspecified atom stereocenters. The molecule has 0 amide bonds. The summed E-state index contributed by atoms with van der Waals surface area (Å²) in [5.41, 5.74) is 0. The van der Waals surface area contributed by atoms with Crippen molar-refractivity contribution in [1.82, 2.24) is 0 Å². The fourth-order valence-corrected chi connectivity index (χ4v) is 0. The average molecular weight is 325 g/mol. The summed E-state index contributed by atoms with van der Waals surface area (Å²) in [5, 5.41) is 0. The number of hydrogen-bond donors (Lipinski definition) is 2. The van der Waals surface area contributed by atoms with Crippen LogP contribution in [-0.4, -0.2) is 34.9 Å². The summed E-state index contributed by atoms with van der Waals surface area (Å²) in [4.78, 5) is 0. The summed E-state index contributed by atoms with van der Waals surface area (Å²) in [6.45, 7) is 0. The first-order valence-corrected chi connectivity index (χ1v) is 2.10. The third-order valence-corrected chi connectivity index (χ3v) is 0. The normalized spacial score (nSPS) is 8.29. The van der Waals surface area contributed by atoms with Gasteiger partial charge in [-0.05, 0) is 0 Å². The standard InChI is InChI=1S/Al.Au.H2O4S.3H/c;;1-5(2,3)4;;;/h;;(H2,1,2,3,4);;;. The Morgan fingerprint density at radius 3 is 1.14 bits per heavy atom. The van der Waals surface area contributed by atoms with E-state index in [1.807, 2.05) is 0 Å². The first kappa shape index (κ1) is 15.7. The van der Waals surface area contributed by atoms with E-state index < -0.39 is 10.4 Å². The molecule has 0 bridgehead atoms. The zero-order valence-electron chi connectivity index (χ0n) is 2.42. The Labute approximate surface area is 67.5 Å². The van der Waals surface area contributed by atoms with Gasteiger partial charge in [0, 0.05) is 22.4 Å². The molecule has 0 fully saturated rings. The van der Waals surface area contributed by atoms with Gasteiger partial charge in [0.15, 0.2) is 17.4 Å². The van der Waals surface area contributed by atoms with Crippen molar-refractivity contribution in [2.75, 3.05) is 0 Å². The van der Waals surface area contributed by atoms with Gasteiger partial charge >= 0.3 is 10.4 Å². The summed E-state index contributed by atoms with van der Waals surface area (Å²) in [6, 6.07) is 0. The van der Waals surface area contributed by atoms with Gasteiger partial charge in [0.05, 0.1) is 0 Å². The van der Waals surface area contributed by atoms with E-state index in [9.17, 15) is 0 Å². The van der Waals surface area contributed by atoms with E-state index in [1.54, 1.807) is 0 Å². The molecule has 49 valence electrons. The molecule has 1 radical (unpaired) electrons. The topological polar surface area (TPSA) is 74.6 Å². The van der Waals surface area contributed by atoms with E-state index in [4.69, 9.17) is 17.5 Å². The van der Waals surface area contributed by atoms with Crippen LogP contribution in [0.25, 0.3) is 0 Å². The molecule has 0 atom stereocenters. The average Bonchev–Trinajstić information content (AvgIpc) is 0.722. The van der Waals surface area contributed by atoms with Crippen molar-refractivity contribution < 1.29 is 39.9 Å². The summed E-state index contributed by atoms with van der Waals surface area (Å²) in [5.74, 6) is 0. The third-order valence-electron chi connectivity index (χ3n) is 0. The second kappa shape index (κ2) is 5.28. The van der Waals surface area contributed by atoms with Crippen molar-refractivity contribution in [1.29, 1.82) is 0 Å². The minimum absolute atomic E-state index is 0. The number of rotatable bonds is 0. The monoisotopic (exact) mass is 325 g/mol. The summed E-state index contributed by atoms with van der Waals surface area (Å²) >= 11 is 0. The molecule has 0 saturated carbocycles. The Bertz CT molecular complexity index is 94.9. The van der Waals surface area contributed by atoms with Gasteiger partial charge in [-0.2, -0.15) is 8.42 Å². The smallest absolute Gasteiger partial charge is 0.264 e. The maximum Gasteiger partial charge on any atom is 0.394 e. The molecule has 0 aromatic carbocycles. The Balaban J connectivity index is -0.0000000800. The van der Waals surface area contributed by atoms with Gasteiger partial charge in [-0.1, -0.05) is 0 Å². The third kappa shape index (κ3) is 145. The largest absolute Gasteiger partial charge is 0.394 e. The summed E-state index contributed by atoms with van der Waals surface area (Å²) in [7, 11) is -4.67. The van der Waals surface area contributed by atoms with Crippen molar-refractivity contribution in [3.63, 3.8) is 0 Å². The van der Waals surface area contributed by atoms with Gasteiger partial charge in [0.2, 0.25) is 0 Å². The SMILES string of the molecule is O=S(=O)(O)O.[AlH3].[Au]. The zero-order chi connectivity index (χ0) is 4.50. The predicted molar refractivity (Wildman–Crippen MR) is 24.1 cm³/mol. The molecule has 0 aliphatic heterocycles. The van der Waals surface area contributed by atoms with Crippen LogP contribution in [0, 0.1) is 0 Å². The van der Waals surface area contributed by atoms with Gasteiger partial charge in [-0.25, -0.2) is 0 Å². The minimum atomic E-state index is -4.67. The predicted octanol–water partition coefficient (Wildman–Crippen LogP) is -1.84. The fourth-order valence-electron chi connectivity index (χ4n) is 0. The van der Waals surface area contributed by atoms with Crippen LogP contribution >= 0.6 is 0 Å². The Hall–Kier alpha value is 1.14. The van der Waals surface area contributed by atoms with E-state index in [-0.39, 0.29) is 39.7 Å². The molecule has 2 N–H and O–H groups in total. The second-order valence-corrected chi connectivity index (χ2v) is 1.34. The van der Waals surface area contributed by atoms with E-state index in [0.717, 1.165) is 0 Å². The van der Waals surface area contributed by atoms with Gasteiger partial charge in [0.25, 0.3) is 0 Å². The van der Waals surface area contributed by atoms with Crippen LogP contribution in [0.4, 0.5) is 0 Å². The van der Waals surface area contributed by atoms with Crippen molar-refractivity contribution in [2.24, 2.45) is 0 Å². The van der Waals surface area contributed by atoms with Crippen molar-refractivity contribution >= 4 is 27.8 Å². The van der Waals surface area contributed by atoms with Gasteiger partial charge in [-0.15, -0.1) is 0 Å². The molecule has 0 spiro atoms. The summed E-state index contributed by atoms with van der Waals surface area (Å²) in [6.07, 6.45) is 0. The Morgan fingerprint density at radius 1 is 1.14 bits per heavy atom. The molecular weight excluding hydrogens is 320 g/mol. The number of hydrogen-bond acceptors (Lipinski definition) is 2. The minimum Gasteiger partial charge on any atom is -0.264 e. The van der Waals surface area contributed by atoms with Gasteiger partial charge < -0.3 is 0 Å². The molecule has 0 aromatic rings. The molecule has 7 heteroatoms. The molecule has 7 heavy (non-hydrogen) atoms. The first-order valence-electron chi connectivity index (χ1n) is 0.698. The van der Waals surface area contributed by atoms with E-state index in [0.29, 0.717) is 0 Å². The van der Waals surface area contributed by atoms with Crippen LogP contribution in [0.15, 0.2) is 0 Å². The maximum absolute atomic E-state index is 8.74. The molecule has 0 saturated heterocycles. The molecular formula is H5AlAuO4S. The quantitative estimate of drug-likeness (QED) is 0.406. The van der Waals surface area contributed by atoms with Crippen molar-refractivity contribution in [2.45, 2.75) is 0 Å². The fraction of sp³-hybridized carbons (Fsp3) is 0. The first-order chi connectivity index (χ1) is 2.00. The Morgan fingerprint density at radius 2 is 1.14 bits per heavy atom. The molecule has 0 aliphatic carbocycles. The van der Waals surface area contributed by atoms with Crippen LogP contribution in [0.5, 0.6) is 0 Å². The van der Waals surface area contributed by atoms with Crippen LogP contribution in [0.3, 0.4) is 0 Å². The zero-order valence-corrected chi connectivity index (χ0v) is 5.40. The van der Waals surface area contributed by atoms with Gasteiger partial charge in [0.1, 0.15) is 0 Å². The van der Waals surface area contributed by atoms with E-state index in [1.165, 1.54) is 0 Å². The van der Waals surface area contributed by atoms with E-state index in [2.05, 4.69) is 0 Å². The molecule has 0 rings (SSSR count). The summed E-state index contributed by atoms with van der Waals surface area (Å²) < 4.78 is 31.6. The van der Waals surface area contributed by atoms with Crippen molar-refractivity contribution in [3.8, 4) is 0 Å². The van der Waals surface area contributed by atoms with E-state index >= 15 is 0 Å². The Kier molecular flexibility index (Phi) is 11.9. The molecule has 0 heterocycles. The maximum atomic E-state index is 8.74. The molecule has 0 aliphatic rings. The molecule has 0 aromatic heterocycles. The van der Waals surface area contributed by atoms with Crippen LogP contribution in [-0.2, 0) is 32.8 Å². The van der Waals surface area contributed by atoms with Crippen LogP contribution in [0.2, 0.25) is 0 Å². The van der Waals surface area contributed by atoms with Gasteiger partial charge in [-0.3, -0.25) is 9.11 Å².